The third kappa shape index (κ3) is 12.5. The van der Waals surface area contributed by atoms with Crippen molar-refractivity contribution >= 4 is 29.8 Å². The molecule has 0 radical (unpaired) electrons. The van der Waals surface area contributed by atoms with Crippen molar-refractivity contribution in [2.24, 2.45) is 5.73 Å². The number of hydrogen-bond acceptors (Lipinski definition) is 11. The Kier molecular flexibility index (Phi) is 15.2. The Morgan fingerprint density at radius 3 is 0.979 bits per heavy atom. The summed E-state index contributed by atoms with van der Waals surface area (Å²) >= 11 is 0. The van der Waals surface area contributed by atoms with Crippen LogP contribution in [-0.2, 0) is 42.9 Å². The van der Waals surface area contributed by atoms with E-state index in [9.17, 15) is 54.6 Å². The van der Waals surface area contributed by atoms with Crippen molar-refractivity contribution in [3.63, 3.8) is 0 Å². The van der Waals surface area contributed by atoms with Crippen LogP contribution in [-0.4, -0.2) is 149 Å². The number of carbonyl (C=O) groups is 5. The molecule has 8 N–H and O–H groups in total. The van der Waals surface area contributed by atoms with Crippen LogP contribution >= 0.6 is 0 Å². The van der Waals surface area contributed by atoms with E-state index in [1.54, 1.807) is 0 Å². The Labute approximate surface area is 281 Å². The van der Waals surface area contributed by atoms with E-state index in [1.165, 1.54) is 83.1 Å². The maximum absolute atomic E-state index is 13.0. The smallest absolute Gasteiger partial charge is 0.392 e. The van der Waals surface area contributed by atoms with Gasteiger partial charge in [-0.15, -0.1) is 0 Å². The highest BCUT2D eigenvalue weighted by molar-refractivity contribution is 5.76. The maximum Gasteiger partial charge on any atom is 0.392 e. The Hall–Kier alpha value is -2.97. The van der Waals surface area contributed by atoms with Crippen LogP contribution in [0.1, 0.15) is 83.1 Å². The van der Waals surface area contributed by atoms with E-state index in [-0.39, 0.29) is 0 Å². The summed E-state index contributed by atoms with van der Waals surface area (Å²) < 4.78 is 20.1. The second kappa shape index (κ2) is 16.2. The lowest BCUT2D eigenvalue weighted by atomic mass is 10.1. The van der Waals surface area contributed by atoms with E-state index in [1.807, 2.05) is 0 Å². The van der Waals surface area contributed by atoms with E-state index in [0.29, 0.717) is 0 Å². The van der Waals surface area contributed by atoms with Crippen LogP contribution in [0.15, 0.2) is 0 Å². The van der Waals surface area contributed by atoms with Crippen molar-refractivity contribution < 1.29 is 82.5 Å². The zero-order valence-corrected chi connectivity index (χ0v) is 30.0. The first-order valence-corrected chi connectivity index (χ1v) is 15.2. The van der Waals surface area contributed by atoms with Gasteiger partial charge >= 0.3 is 29.8 Å². The molecule has 0 aromatic heterocycles. The molecule has 0 saturated heterocycles. The summed E-state index contributed by atoms with van der Waals surface area (Å²) in [6.45, 7) is 14.4. The second-order valence-electron chi connectivity index (χ2n) is 15.5. The Morgan fingerprint density at radius 2 is 0.771 bits per heavy atom. The summed E-state index contributed by atoms with van der Waals surface area (Å²) in [7, 11) is 0. The van der Waals surface area contributed by atoms with Crippen molar-refractivity contribution in [3.05, 3.63) is 0 Å². The van der Waals surface area contributed by atoms with Crippen LogP contribution in [0, 0.1) is 0 Å². The van der Waals surface area contributed by atoms with E-state index < -0.39 is 119 Å². The van der Waals surface area contributed by atoms with Gasteiger partial charge in [0, 0.05) is 6.54 Å². The lowest BCUT2D eigenvalue weighted by molar-refractivity contribution is -1.06. The van der Waals surface area contributed by atoms with Crippen molar-refractivity contribution in [2.75, 3.05) is 26.2 Å². The molecule has 0 saturated carbocycles. The number of hydrogen-bond donors (Lipinski definition) is 7. The summed E-state index contributed by atoms with van der Waals surface area (Å²) in [5.41, 5.74) is 0.630. The van der Waals surface area contributed by atoms with Crippen LogP contribution < -0.4 is 5.73 Å². The molecule has 0 aliphatic rings. The topological polar surface area (TPSA) is 270 Å². The average molecular weight is 700 g/mol. The zero-order valence-electron chi connectivity index (χ0n) is 30.0. The lowest BCUT2D eigenvalue weighted by Crippen LogP contribution is -2.79. The molecule has 0 aromatic carbocycles. The molecule has 0 fully saturated rings. The van der Waals surface area contributed by atoms with Crippen molar-refractivity contribution in [1.29, 1.82) is 0 Å². The van der Waals surface area contributed by atoms with Crippen LogP contribution in [0.5, 0.6) is 0 Å². The Bertz CT molecular complexity index is 1080. The highest BCUT2D eigenvalue weighted by Crippen LogP contribution is 2.35. The third-order valence-corrected chi connectivity index (χ3v) is 6.64. The van der Waals surface area contributed by atoms with Gasteiger partial charge in [-0.1, -0.05) is 0 Å². The second-order valence-corrected chi connectivity index (χ2v) is 15.5. The van der Waals surface area contributed by atoms with Gasteiger partial charge in [0.15, 0.2) is 0 Å². The summed E-state index contributed by atoms with van der Waals surface area (Å²) in [6, 6.07) is 0. The SMILES string of the molecule is CC(C)(C)OC(C(=O)O)[N+](CCN)(CC[N+](C(O)C(=O)O)(C(OC(C)(C)C)C(=O)O)C(OC(C)(C)C)C(=O)O)C(OC(C)(C)C)C(=O)O. The lowest BCUT2D eigenvalue weighted by Gasteiger charge is -2.52. The molecule has 18 heteroatoms. The zero-order chi connectivity index (χ0) is 38.4. The highest BCUT2D eigenvalue weighted by Gasteiger charge is 2.64. The van der Waals surface area contributed by atoms with Gasteiger partial charge in [-0.25, -0.2) is 32.9 Å². The molecule has 0 aromatic rings. The Balaban J connectivity index is 8.52. The fourth-order valence-electron chi connectivity index (χ4n) is 5.04. The monoisotopic (exact) mass is 699 g/mol. The standard InChI is InChI=1S/C30H55N3O15/c1-27(2,3)45-18(23(37)38)32(14-13-31,19(24(39)40)46-28(4,5)6)15-16-33(17(34)22(35)36,20(25(41)42)47-29(7,8)9)21(26(43)44)48-30(10,11)12/h17-21,34H,13-16,31H2,1-12H3,(H3-2,35,36,37,38,39,40,41,42,43,44)/p+2. The first-order chi connectivity index (χ1) is 21.3. The largest absolute Gasteiger partial charge is 0.475 e. The van der Waals surface area contributed by atoms with Gasteiger partial charge in [-0.05, 0) is 83.1 Å². The molecule has 280 valence electrons. The molecule has 0 heterocycles. The van der Waals surface area contributed by atoms with E-state index in [2.05, 4.69) is 0 Å². The fourth-order valence-corrected chi connectivity index (χ4v) is 5.04. The first kappa shape index (κ1) is 45.0. The minimum atomic E-state index is -2.91. The number of nitrogens with zero attached hydrogens (tertiary/aromatic N) is 2. The van der Waals surface area contributed by atoms with Crippen LogP contribution in [0.2, 0.25) is 0 Å². The van der Waals surface area contributed by atoms with Gasteiger partial charge in [0.2, 0.25) is 0 Å². The summed E-state index contributed by atoms with van der Waals surface area (Å²) in [6.07, 6.45) is -12.2. The molecule has 0 aliphatic carbocycles. The van der Waals surface area contributed by atoms with E-state index >= 15 is 0 Å². The van der Waals surface area contributed by atoms with Crippen molar-refractivity contribution in [1.82, 2.24) is 0 Å². The summed E-state index contributed by atoms with van der Waals surface area (Å²) in [5.74, 6) is -9.29. The molecule has 5 atom stereocenters. The fraction of sp³-hybridized carbons (Fsp3) is 0.833. The van der Waals surface area contributed by atoms with E-state index in [0.717, 1.165) is 0 Å². The number of aliphatic hydroxyl groups is 1. The molecule has 0 amide bonds. The van der Waals surface area contributed by atoms with Gasteiger partial charge in [-0.2, -0.15) is 0 Å². The number of ether oxygens (including phenoxy) is 4. The number of rotatable bonds is 19. The van der Waals surface area contributed by atoms with Crippen LogP contribution in [0.3, 0.4) is 0 Å². The van der Waals surface area contributed by atoms with Gasteiger partial charge in [0.25, 0.3) is 31.1 Å². The summed E-state index contributed by atoms with van der Waals surface area (Å²) in [5, 5.41) is 63.7. The molecular formula is C30H57N3O15+2. The normalized spacial score (nSPS) is 18.8. The predicted octanol–water partition coefficient (Wildman–Crippen LogP) is 0.885. The molecule has 0 bridgehead atoms. The predicted molar refractivity (Wildman–Crippen MR) is 167 cm³/mol. The number of aliphatic carboxylic acids is 5. The first-order valence-electron chi connectivity index (χ1n) is 15.2. The highest BCUT2D eigenvalue weighted by atomic mass is 16.6. The average Bonchev–Trinajstić information content (AvgIpc) is 2.85. The molecule has 5 unspecified atom stereocenters. The quantitative estimate of drug-likeness (QED) is 0.0728. The molecule has 48 heavy (non-hydrogen) atoms. The minimum Gasteiger partial charge on any atom is -0.475 e. The number of quaternary nitrogens is 2. The molecule has 0 aliphatic heterocycles. The van der Waals surface area contributed by atoms with Crippen LogP contribution in [0.4, 0.5) is 0 Å². The van der Waals surface area contributed by atoms with Gasteiger partial charge < -0.3 is 55.3 Å². The minimum absolute atomic E-state index is 0.405. The van der Waals surface area contributed by atoms with Gasteiger partial charge in [0.1, 0.15) is 13.1 Å². The summed E-state index contributed by atoms with van der Waals surface area (Å²) in [4.78, 5) is 64.6. The molecule has 0 spiro atoms. The number of nitrogens with two attached hydrogens (primary N) is 1. The molecule has 18 nitrogen and oxygen atoms in total. The number of carboxylic acids is 5. The molecular weight excluding hydrogens is 642 g/mol. The number of carboxylic acid groups (broad SMARTS) is 5. The number of aliphatic hydroxyl groups excluding tert-OH is 1. The van der Waals surface area contributed by atoms with Gasteiger partial charge in [-0.3, -0.25) is 0 Å². The van der Waals surface area contributed by atoms with Crippen molar-refractivity contribution in [3.8, 4) is 0 Å². The van der Waals surface area contributed by atoms with Gasteiger partial charge in [0.05, 0.1) is 28.9 Å². The Morgan fingerprint density at radius 1 is 0.500 bits per heavy atom. The maximum atomic E-state index is 13.0. The van der Waals surface area contributed by atoms with Crippen molar-refractivity contribution in [2.45, 2.75) is 137 Å². The third-order valence-electron chi connectivity index (χ3n) is 6.64. The van der Waals surface area contributed by atoms with E-state index in [4.69, 9.17) is 24.7 Å². The van der Waals surface area contributed by atoms with Crippen LogP contribution in [0.25, 0.3) is 0 Å². The molecule has 0 rings (SSSR count).